The Bertz CT molecular complexity index is 3720. The molecule has 5 heterocycles. The topological polar surface area (TPSA) is 95.7 Å². The van der Waals surface area contributed by atoms with Gasteiger partial charge in [-0.3, -0.25) is 15.0 Å². The number of rotatable bonds is 6. The molecule has 6 aromatic carbocycles. The first-order valence-corrected chi connectivity index (χ1v) is 23.3. The Morgan fingerprint density at radius 1 is 0.638 bits per heavy atom. The van der Waals surface area contributed by atoms with Crippen LogP contribution in [-0.2, 0) is 30.9 Å². The Hall–Kier alpha value is -6.80. The zero-order valence-electron chi connectivity index (χ0n) is 43.6. The minimum atomic E-state index is -2.41. The summed E-state index contributed by atoms with van der Waals surface area (Å²) in [6.45, 7) is 19.2. The molecule has 0 aliphatic carbocycles. The molecule has 0 aliphatic heterocycles. The average molecular weight is 1090 g/mol. The fraction of sp³-hybridized carbons (Fsp3) is 0.250. The molecule has 11 rings (SSSR count). The summed E-state index contributed by atoms with van der Waals surface area (Å²) >= 11 is 0. The van der Waals surface area contributed by atoms with Crippen LogP contribution in [0.15, 0.2) is 137 Å². The molecule has 0 saturated heterocycles. The largest absolute Gasteiger partial charge is 0.501 e. The van der Waals surface area contributed by atoms with Gasteiger partial charge in [-0.05, 0) is 76.6 Å². The molecule has 0 spiro atoms. The molecule has 349 valence electrons. The van der Waals surface area contributed by atoms with Crippen LogP contribution < -0.4 is 0 Å². The van der Waals surface area contributed by atoms with E-state index in [1.807, 2.05) is 66.7 Å². The van der Waals surface area contributed by atoms with E-state index in [0.717, 1.165) is 56.0 Å². The van der Waals surface area contributed by atoms with Crippen molar-refractivity contribution in [3.63, 3.8) is 0 Å². The van der Waals surface area contributed by atoms with Gasteiger partial charge >= 0.3 is 0 Å². The fourth-order valence-electron chi connectivity index (χ4n) is 8.95. The van der Waals surface area contributed by atoms with E-state index in [0.29, 0.717) is 38.9 Å². The molecule has 69 heavy (non-hydrogen) atoms. The van der Waals surface area contributed by atoms with Crippen molar-refractivity contribution < 1.29 is 33.1 Å². The summed E-state index contributed by atoms with van der Waals surface area (Å²) in [5, 5.41) is 3.08. The fourth-order valence-corrected chi connectivity index (χ4v) is 8.95. The average Bonchev–Trinajstić information content (AvgIpc) is 4.03. The van der Waals surface area contributed by atoms with E-state index in [9.17, 15) is 0 Å². The molecule has 11 aromatic rings. The van der Waals surface area contributed by atoms with Gasteiger partial charge in [0.2, 0.25) is 0 Å². The number of fused-ring (bicyclic) bond motifs is 7. The molecule has 8 nitrogen and oxygen atoms in total. The summed E-state index contributed by atoms with van der Waals surface area (Å²) in [4.78, 5) is 22.8. The van der Waals surface area contributed by atoms with E-state index < -0.39 is 6.85 Å². The maximum absolute atomic E-state index is 8.53. The number of benzene rings is 6. The zero-order valence-corrected chi connectivity index (χ0v) is 43.0. The normalized spacial score (nSPS) is 13.0. The first kappa shape index (κ1) is 43.5. The van der Waals surface area contributed by atoms with Crippen molar-refractivity contribution in [1.29, 1.82) is 0 Å². The molecule has 9 heteroatoms. The summed E-state index contributed by atoms with van der Waals surface area (Å²) in [5.41, 5.74) is 13.2. The van der Waals surface area contributed by atoms with Crippen LogP contribution >= 0.6 is 0 Å². The monoisotopic (exact) mass is 1090 g/mol. The van der Waals surface area contributed by atoms with Crippen LogP contribution in [0.5, 0.6) is 0 Å². The first-order chi connectivity index (χ1) is 33.8. The van der Waals surface area contributed by atoms with E-state index in [2.05, 4.69) is 148 Å². The van der Waals surface area contributed by atoms with Gasteiger partial charge in [0.25, 0.3) is 0 Å². The summed E-state index contributed by atoms with van der Waals surface area (Å²) in [7, 11) is 0. The Labute approximate surface area is 421 Å². The van der Waals surface area contributed by atoms with Gasteiger partial charge in [0.1, 0.15) is 22.6 Å². The van der Waals surface area contributed by atoms with Crippen molar-refractivity contribution in [3.8, 4) is 39.6 Å². The predicted octanol–water partition coefficient (Wildman–Crippen LogP) is 15.8. The van der Waals surface area contributed by atoms with Gasteiger partial charge in [0.05, 0.1) is 28.8 Å². The van der Waals surface area contributed by atoms with E-state index >= 15 is 0 Å². The summed E-state index contributed by atoms with van der Waals surface area (Å²) in [5.74, 6) is 1.81. The maximum Gasteiger partial charge on any atom is 0.136 e. The van der Waals surface area contributed by atoms with Crippen molar-refractivity contribution in [2.45, 2.75) is 98.8 Å². The van der Waals surface area contributed by atoms with Crippen LogP contribution in [0, 0.1) is 19.0 Å². The van der Waals surface area contributed by atoms with Crippen LogP contribution in [0.2, 0.25) is 0 Å². The van der Waals surface area contributed by atoms with Gasteiger partial charge in [0.15, 0.2) is 0 Å². The Balaban J connectivity index is 0.000000257. The van der Waals surface area contributed by atoms with Gasteiger partial charge < -0.3 is 18.4 Å². The second-order valence-electron chi connectivity index (χ2n) is 20.2. The number of nitrogens with zero attached hydrogens (tertiary/aromatic N) is 6. The van der Waals surface area contributed by atoms with Gasteiger partial charge in [-0.15, -0.1) is 17.7 Å². The van der Waals surface area contributed by atoms with E-state index in [1.54, 1.807) is 18.6 Å². The van der Waals surface area contributed by atoms with Crippen molar-refractivity contribution in [1.82, 2.24) is 29.5 Å². The second-order valence-corrected chi connectivity index (χ2v) is 20.2. The molecule has 1 radical (unpaired) electrons. The number of aromatic nitrogens is 6. The van der Waals surface area contributed by atoms with Crippen molar-refractivity contribution in [3.05, 3.63) is 168 Å². The van der Waals surface area contributed by atoms with Crippen LogP contribution in [0.25, 0.3) is 94.5 Å². The van der Waals surface area contributed by atoms with Gasteiger partial charge in [-0.25, -0.2) is 11.1 Å². The van der Waals surface area contributed by atoms with Crippen LogP contribution in [0.3, 0.4) is 0 Å². The SMILES string of the molecule is CC(C)(C)c1cc(-c2[c-]cnc(C(C)(C)C)n2)ncn1.[2H]C([2H])([2H])c1c[c-]c(-c2nc3ccccc3n2-c2c(C(C)C)cc(-c3ccccc3)cc2C(C)C)c2oc3cc4c(cc3c12)oc1ccccc14.[Ir]. The predicted molar refractivity (Wildman–Crippen MR) is 278 cm³/mol. The van der Waals surface area contributed by atoms with Crippen LogP contribution in [0.1, 0.15) is 113 Å². The number of aryl methyl sites for hydroxylation is 1. The molecular formula is C60H56IrN6O2-2. The second kappa shape index (κ2) is 18.3. The maximum atomic E-state index is 8.53. The third-order valence-electron chi connectivity index (χ3n) is 12.5. The number of para-hydroxylation sites is 3. The third kappa shape index (κ3) is 8.79. The third-order valence-corrected chi connectivity index (χ3v) is 12.5. The Morgan fingerprint density at radius 2 is 1.32 bits per heavy atom. The number of imidazole rings is 1. The molecular weight excluding hydrogens is 1030 g/mol. The van der Waals surface area contributed by atoms with Crippen molar-refractivity contribution >= 4 is 54.9 Å². The minimum Gasteiger partial charge on any atom is -0.501 e. The summed E-state index contributed by atoms with van der Waals surface area (Å²) in [6, 6.07) is 45.0. The summed E-state index contributed by atoms with van der Waals surface area (Å²) < 4.78 is 40.8. The van der Waals surface area contributed by atoms with Crippen molar-refractivity contribution in [2.75, 3.05) is 0 Å². The van der Waals surface area contributed by atoms with Gasteiger partial charge in [0, 0.05) is 62.6 Å². The number of hydrogen-bond acceptors (Lipinski definition) is 7. The Morgan fingerprint density at radius 3 is 2.03 bits per heavy atom. The van der Waals surface area contributed by atoms with E-state index in [-0.39, 0.29) is 48.3 Å². The molecule has 0 fully saturated rings. The Kier molecular flexibility index (Phi) is 11.5. The molecule has 0 aliphatic rings. The first-order valence-electron chi connectivity index (χ1n) is 24.8. The quantitative estimate of drug-likeness (QED) is 0.153. The van der Waals surface area contributed by atoms with Crippen LogP contribution in [0.4, 0.5) is 0 Å². The molecule has 0 N–H and O–H groups in total. The molecule has 0 saturated carbocycles. The number of furan rings is 2. The standard InChI is InChI=1S/C44H35N2O2.C16H21N4.Ir/c1-25(2)32-21-29(28-13-7-6-8-14-28)22-33(26(3)4)42(32)46-37-17-11-10-16-36(37)45-44(46)31-20-19-27(5)41-35-24-39-34(23-40(35)48-43(31)41)30-15-9-12-18-38(30)47-39;1-15(2,3)13-9-12(18-10-19-13)11-7-8-17-14(20-11)16(4,5)6;/h6-19,21-26H,1-5H3;8-10H,1-6H3;/q2*-1;/i5D3;;. The summed E-state index contributed by atoms with van der Waals surface area (Å²) in [6.07, 6.45) is 3.25. The van der Waals surface area contributed by atoms with Crippen LogP contribution in [-0.4, -0.2) is 29.5 Å². The zero-order chi connectivity index (χ0) is 50.1. The van der Waals surface area contributed by atoms with E-state index in [4.69, 9.17) is 17.9 Å². The molecule has 5 aromatic heterocycles. The van der Waals surface area contributed by atoms with Gasteiger partial charge in [-0.2, -0.15) is 0 Å². The molecule has 0 amide bonds. The smallest absolute Gasteiger partial charge is 0.136 e. The van der Waals surface area contributed by atoms with Crippen molar-refractivity contribution in [2.24, 2.45) is 0 Å². The minimum absolute atomic E-state index is 0. The molecule has 0 atom stereocenters. The van der Waals surface area contributed by atoms with E-state index in [1.165, 1.54) is 22.3 Å². The van der Waals surface area contributed by atoms with Gasteiger partial charge in [-0.1, -0.05) is 171 Å². The number of hydrogen-bond donors (Lipinski definition) is 0. The molecule has 0 bridgehead atoms. The molecule has 0 unspecified atom stereocenters.